The van der Waals surface area contributed by atoms with Crippen molar-refractivity contribution in [1.29, 1.82) is 0 Å². The molecule has 1 N–H and O–H groups in total. The van der Waals surface area contributed by atoms with E-state index in [0.29, 0.717) is 34.4 Å². The Bertz CT molecular complexity index is 2040. The molecule has 0 radical (unpaired) electrons. The number of aliphatic carboxylic acids is 1. The van der Waals surface area contributed by atoms with Crippen LogP contribution in [0.3, 0.4) is 0 Å². The Morgan fingerprint density at radius 1 is 0.745 bits per heavy atom. The molecule has 1 unspecified atom stereocenters. The number of pyridine rings is 1. The van der Waals surface area contributed by atoms with Crippen LogP contribution in [-0.4, -0.2) is 21.8 Å². The number of rotatable bonds is 10. The Morgan fingerprint density at radius 2 is 1.45 bits per heavy atom. The van der Waals surface area contributed by atoms with Crippen LogP contribution in [-0.2, 0) is 24.0 Å². The average molecular weight is 632 g/mol. The predicted molar refractivity (Wildman–Crippen MR) is 173 cm³/mol. The number of carbonyl (C=O) groups excluding carboxylic acids is 1. The van der Waals surface area contributed by atoms with Gasteiger partial charge < -0.3 is 9.84 Å². The molecule has 6 aromatic rings. The highest BCUT2D eigenvalue weighted by Crippen LogP contribution is 2.39. The Kier molecular flexibility index (Phi) is 8.84. The molecule has 47 heavy (non-hydrogen) atoms. The second-order valence-electron chi connectivity index (χ2n) is 11.1. The zero-order valence-corrected chi connectivity index (χ0v) is 24.9. The number of fused-ring (bicyclic) bond motifs is 1. The van der Waals surface area contributed by atoms with E-state index in [2.05, 4.69) is 4.98 Å². The third kappa shape index (κ3) is 7.07. The fourth-order valence-corrected chi connectivity index (χ4v) is 5.54. The van der Waals surface area contributed by atoms with Crippen molar-refractivity contribution in [1.82, 2.24) is 4.98 Å². The van der Waals surface area contributed by atoms with Gasteiger partial charge in [-0.2, -0.15) is 13.2 Å². The van der Waals surface area contributed by atoms with Crippen molar-refractivity contribution < 1.29 is 32.6 Å². The van der Waals surface area contributed by atoms with Crippen LogP contribution in [0, 0.1) is 0 Å². The van der Waals surface area contributed by atoms with Gasteiger partial charge in [0.1, 0.15) is 12.4 Å². The van der Waals surface area contributed by atoms with Gasteiger partial charge >= 0.3 is 12.1 Å². The zero-order chi connectivity index (χ0) is 33.0. The van der Waals surface area contributed by atoms with Gasteiger partial charge in [-0.25, -0.2) is 0 Å². The van der Waals surface area contributed by atoms with Gasteiger partial charge in [-0.05, 0) is 58.5 Å². The number of hydrogen-bond donors (Lipinski definition) is 1. The van der Waals surface area contributed by atoms with Crippen LogP contribution < -0.4 is 4.74 Å². The maximum atomic E-state index is 14.0. The molecular formula is C39H28F3NO4. The first-order valence-electron chi connectivity index (χ1n) is 14.9. The number of halogens is 3. The van der Waals surface area contributed by atoms with Crippen molar-refractivity contribution in [3.63, 3.8) is 0 Å². The number of ketones is 1. The number of alkyl halides is 3. The summed E-state index contributed by atoms with van der Waals surface area (Å²) >= 11 is 0. The highest BCUT2D eigenvalue weighted by atomic mass is 19.4. The van der Waals surface area contributed by atoms with Crippen molar-refractivity contribution in [2.45, 2.75) is 25.1 Å². The molecule has 234 valence electrons. The number of benzene rings is 5. The minimum atomic E-state index is -4.64. The summed E-state index contributed by atoms with van der Waals surface area (Å²) in [5, 5.41) is 10.0. The van der Waals surface area contributed by atoms with Gasteiger partial charge in [0.2, 0.25) is 0 Å². The van der Waals surface area contributed by atoms with Gasteiger partial charge in [-0.15, -0.1) is 0 Å². The lowest BCUT2D eigenvalue weighted by atomic mass is 9.91. The van der Waals surface area contributed by atoms with Crippen molar-refractivity contribution >= 4 is 22.7 Å². The van der Waals surface area contributed by atoms with E-state index in [9.17, 15) is 27.9 Å². The number of carbonyl (C=O) groups is 2. The molecule has 1 heterocycles. The van der Waals surface area contributed by atoms with E-state index < -0.39 is 23.6 Å². The molecule has 0 saturated carbocycles. The summed E-state index contributed by atoms with van der Waals surface area (Å²) in [6.45, 7) is 0.186. The van der Waals surface area contributed by atoms with Crippen molar-refractivity contribution in [3.05, 3.63) is 167 Å². The Labute approximate surface area is 268 Å². The Morgan fingerprint density at radius 3 is 2.13 bits per heavy atom. The van der Waals surface area contributed by atoms with Crippen LogP contribution in [0.5, 0.6) is 5.75 Å². The largest absolute Gasteiger partial charge is 0.489 e. The van der Waals surface area contributed by atoms with Gasteiger partial charge in [0.05, 0.1) is 17.0 Å². The summed E-state index contributed by atoms with van der Waals surface area (Å²) < 4.78 is 47.9. The standard InChI is InChI=1S/C39H28F3NO4/c40-39(41,42)35-19-18-32(34-22-30(23-43-36(34)35)37(44)28-10-5-2-6-11-28)29-12-7-13-31(21-29)47-24-26-14-16-27(17-15-26)33(38(45)46)20-25-8-3-1-4-9-25/h1-19,21-23,33H,20,24H2,(H,45,46). The van der Waals surface area contributed by atoms with Crippen molar-refractivity contribution in [2.75, 3.05) is 0 Å². The molecule has 0 saturated heterocycles. The summed E-state index contributed by atoms with van der Waals surface area (Å²) in [6.07, 6.45) is -3.09. The van der Waals surface area contributed by atoms with Crippen molar-refractivity contribution in [3.8, 4) is 16.9 Å². The summed E-state index contributed by atoms with van der Waals surface area (Å²) in [6, 6.07) is 36.0. The first kappa shape index (κ1) is 31.2. The number of hydrogen-bond acceptors (Lipinski definition) is 4. The highest BCUT2D eigenvalue weighted by molar-refractivity contribution is 6.11. The van der Waals surface area contributed by atoms with Crippen LogP contribution in [0.4, 0.5) is 13.2 Å². The number of aromatic nitrogens is 1. The first-order chi connectivity index (χ1) is 22.7. The smallest absolute Gasteiger partial charge is 0.418 e. The van der Waals surface area contributed by atoms with Crippen LogP contribution >= 0.6 is 0 Å². The van der Waals surface area contributed by atoms with E-state index >= 15 is 0 Å². The normalized spacial score (nSPS) is 12.1. The minimum Gasteiger partial charge on any atom is -0.489 e. The molecule has 0 fully saturated rings. The number of carboxylic acids is 1. The molecule has 6 rings (SSSR count). The van der Waals surface area contributed by atoms with E-state index in [-0.39, 0.29) is 28.9 Å². The van der Waals surface area contributed by atoms with Gasteiger partial charge in [0, 0.05) is 22.7 Å². The van der Waals surface area contributed by atoms with Crippen molar-refractivity contribution in [2.24, 2.45) is 0 Å². The molecule has 0 aliphatic carbocycles. The maximum Gasteiger partial charge on any atom is 0.418 e. The number of carboxylic acid groups (broad SMARTS) is 1. The second kappa shape index (κ2) is 13.3. The SMILES string of the molecule is O=C(c1ccccc1)c1cnc2c(C(F)(F)F)ccc(-c3cccc(OCc4ccc(C(Cc5ccccc5)C(=O)O)cc4)c3)c2c1. The van der Waals surface area contributed by atoms with Gasteiger partial charge in [-0.1, -0.05) is 103 Å². The van der Waals surface area contributed by atoms with E-state index in [1.54, 1.807) is 66.7 Å². The average Bonchev–Trinajstić information content (AvgIpc) is 3.09. The Hall–Kier alpha value is -5.76. The number of nitrogens with zero attached hydrogens (tertiary/aromatic N) is 1. The van der Waals surface area contributed by atoms with Crippen LogP contribution in [0.2, 0.25) is 0 Å². The van der Waals surface area contributed by atoms with E-state index in [1.165, 1.54) is 18.3 Å². The molecule has 0 aliphatic heterocycles. The molecule has 1 atom stereocenters. The van der Waals surface area contributed by atoms with Gasteiger partial charge in [0.25, 0.3) is 0 Å². The van der Waals surface area contributed by atoms with Gasteiger partial charge in [-0.3, -0.25) is 14.6 Å². The van der Waals surface area contributed by atoms with E-state index in [1.807, 2.05) is 42.5 Å². The summed E-state index contributed by atoms with van der Waals surface area (Å²) in [4.78, 5) is 29.3. The third-order valence-electron chi connectivity index (χ3n) is 7.97. The molecule has 0 spiro atoms. The molecular weight excluding hydrogens is 603 g/mol. The molecule has 0 amide bonds. The molecule has 0 aliphatic rings. The summed E-state index contributed by atoms with van der Waals surface area (Å²) in [5.41, 5.74) is 2.93. The van der Waals surface area contributed by atoms with E-state index in [0.717, 1.165) is 17.2 Å². The fraction of sp³-hybridized carbons (Fsp3) is 0.103. The lowest BCUT2D eigenvalue weighted by Gasteiger charge is -2.15. The molecule has 5 aromatic carbocycles. The minimum absolute atomic E-state index is 0.175. The molecule has 0 bridgehead atoms. The lowest BCUT2D eigenvalue weighted by Crippen LogP contribution is -2.14. The molecule has 8 heteroatoms. The summed E-state index contributed by atoms with van der Waals surface area (Å²) in [7, 11) is 0. The van der Waals surface area contributed by atoms with Gasteiger partial charge in [0.15, 0.2) is 5.78 Å². The molecule has 5 nitrogen and oxygen atoms in total. The predicted octanol–water partition coefficient (Wildman–Crippen LogP) is 9.14. The topological polar surface area (TPSA) is 76.5 Å². The molecule has 1 aromatic heterocycles. The monoisotopic (exact) mass is 631 g/mol. The summed E-state index contributed by atoms with van der Waals surface area (Å²) in [5.74, 6) is -1.46. The highest BCUT2D eigenvalue weighted by Gasteiger charge is 2.34. The van der Waals surface area contributed by atoms with Crippen LogP contribution in [0.1, 0.15) is 44.1 Å². The second-order valence-corrected chi connectivity index (χ2v) is 11.1. The lowest BCUT2D eigenvalue weighted by molar-refractivity contribution is -0.139. The quantitative estimate of drug-likeness (QED) is 0.153. The maximum absolute atomic E-state index is 14.0. The third-order valence-corrected chi connectivity index (χ3v) is 7.97. The van der Waals surface area contributed by atoms with Crippen LogP contribution in [0.15, 0.2) is 134 Å². The fourth-order valence-electron chi connectivity index (χ4n) is 5.54. The Balaban J connectivity index is 1.26. The number of ether oxygens (including phenoxy) is 1. The zero-order valence-electron chi connectivity index (χ0n) is 24.9. The van der Waals surface area contributed by atoms with Crippen LogP contribution in [0.25, 0.3) is 22.0 Å². The van der Waals surface area contributed by atoms with E-state index in [4.69, 9.17) is 4.74 Å². The first-order valence-corrected chi connectivity index (χ1v) is 14.9.